The quantitative estimate of drug-likeness (QED) is 0.768. The van der Waals surface area contributed by atoms with Crippen molar-refractivity contribution in [2.75, 3.05) is 26.3 Å². The number of ether oxygens (including phenoxy) is 1. The summed E-state index contributed by atoms with van der Waals surface area (Å²) in [7, 11) is 0. The first-order chi connectivity index (χ1) is 7.36. The number of morpholine rings is 1. The van der Waals surface area contributed by atoms with Gasteiger partial charge in [-0.2, -0.15) is 5.10 Å². The average Bonchev–Trinajstić information content (AvgIpc) is 2.29. The molecule has 2 rings (SSSR count). The Morgan fingerprint density at radius 3 is 2.73 bits per heavy atom. The molecule has 1 aliphatic heterocycles. The fourth-order valence-electron chi connectivity index (χ4n) is 1.39. The molecule has 1 heterocycles. The van der Waals surface area contributed by atoms with E-state index in [1.807, 2.05) is 35.5 Å². The highest BCUT2D eigenvalue weighted by molar-refractivity contribution is 9.10. The van der Waals surface area contributed by atoms with Crippen LogP contribution < -0.4 is 0 Å². The highest BCUT2D eigenvalue weighted by Gasteiger charge is 2.06. The van der Waals surface area contributed by atoms with E-state index in [1.54, 1.807) is 0 Å². The van der Waals surface area contributed by atoms with Crippen molar-refractivity contribution in [1.82, 2.24) is 5.01 Å². The first-order valence-electron chi connectivity index (χ1n) is 4.97. The Balaban J connectivity index is 2.01. The van der Waals surface area contributed by atoms with E-state index in [2.05, 4.69) is 21.0 Å². The van der Waals surface area contributed by atoms with Crippen LogP contribution >= 0.6 is 15.9 Å². The Labute approximate surface area is 97.9 Å². The lowest BCUT2D eigenvalue weighted by molar-refractivity contribution is 0.0397. The lowest BCUT2D eigenvalue weighted by Crippen LogP contribution is -2.32. The molecule has 1 saturated heterocycles. The minimum Gasteiger partial charge on any atom is -0.378 e. The number of halogens is 1. The van der Waals surface area contributed by atoms with Gasteiger partial charge in [-0.25, -0.2) is 0 Å². The van der Waals surface area contributed by atoms with Crippen molar-refractivity contribution in [3.8, 4) is 0 Å². The molecule has 4 heteroatoms. The molecule has 15 heavy (non-hydrogen) atoms. The maximum atomic E-state index is 5.25. The fraction of sp³-hybridized carbons (Fsp3) is 0.364. The molecule has 0 unspecified atom stereocenters. The fourth-order valence-corrected chi connectivity index (χ4v) is 1.78. The number of nitrogens with zero attached hydrogens (tertiary/aromatic N) is 2. The summed E-state index contributed by atoms with van der Waals surface area (Å²) < 4.78 is 6.32. The number of rotatable bonds is 2. The van der Waals surface area contributed by atoms with Gasteiger partial charge in [-0.15, -0.1) is 0 Å². The van der Waals surface area contributed by atoms with Crippen molar-refractivity contribution in [3.63, 3.8) is 0 Å². The zero-order chi connectivity index (χ0) is 10.5. The molecule has 0 radical (unpaired) electrons. The van der Waals surface area contributed by atoms with Gasteiger partial charge in [0.25, 0.3) is 0 Å². The number of hydrogen-bond donors (Lipinski definition) is 0. The van der Waals surface area contributed by atoms with Crippen LogP contribution in [0.2, 0.25) is 0 Å². The summed E-state index contributed by atoms with van der Waals surface area (Å²) in [5, 5.41) is 6.44. The second-order valence-corrected chi connectivity index (χ2v) is 4.19. The van der Waals surface area contributed by atoms with Gasteiger partial charge in [-0.3, -0.25) is 5.01 Å². The third-order valence-electron chi connectivity index (χ3n) is 2.25. The van der Waals surface area contributed by atoms with Gasteiger partial charge in [0, 0.05) is 10.0 Å². The van der Waals surface area contributed by atoms with Crippen LogP contribution in [0.5, 0.6) is 0 Å². The molecule has 1 aromatic rings. The Hall–Kier alpha value is -0.870. The highest BCUT2D eigenvalue weighted by Crippen LogP contribution is 2.13. The normalized spacial score (nSPS) is 17.3. The van der Waals surface area contributed by atoms with Crippen LogP contribution in [0.4, 0.5) is 0 Å². The van der Waals surface area contributed by atoms with E-state index in [4.69, 9.17) is 4.74 Å². The van der Waals surface area contributed by atoms with Gasteiger partial charge in [0.05, 0.1) is 32.5 Å². The predicted octanol–water partition coefficient (Wildman–Crippen LogP) is 2.12. The van der Waals surface area contributed by atoms with Gasteiger partial charge in [0.2, 0.25) is 0 Å². The van der Waals surface area contributed by atoms with Gasteiger partial charge in [0.15, 0.2) is 0 Å². The van der Waals surface area contributed by atoms with Crippen LogP contribution in [0.25, 0.3) is 0 Å². The van der Waals surface area contributed by atoms with Crippen LogP contribution in [0.3, 0.4) is 0 Å². The average molecular weight is 269 g/mol. The van der Waals surface area contributed by atoms with Crippen LogP contribution in [-0.2, 0) is 4.74 Å². The van der Waals surface area contributed by atoms with Gasteiger partial charge >= 0.3 is 0 Å². The van der Waals surface area contributed by atoms with E-state index in [0.29, 0.717) is 0 Å². The summed E-state index contributed by atoms with van der Waals surface area (Å²) in [6.07, 6.45) is 1.88. The van der Waals surface area contributed by atoms with E-state index in [1.165, 1.54) is 0 Å². The number of benzene rings is 1. The minimum atomic E-state index is 0.771. The van der Waals surface area contributed by atoms with Gasteiger partial charge < -0.3 is 4.74 Å². The first kappa shape index (κ1) is 10.6. The molecule has 0 amide bonds. The maximum absolute atomic E-state index is 5.25. The predicted molar refractivity (Wildman–Crippen MR) is 64.1 cm³/mol. The molecule has 80 valence electrons. The van der Waals surface area contributed by atoms with E-state index in [0.717, 1.165) is 36.3 Å². The van der Waals surface area contributed by atoms with Crippen LogP contribution in [0, 0.1) is 0 Å². The monoisotopic (exact) mass is 268 g/mol. The molecule has 0 atom stereocenters. The summed E-state index contributed by atoms with van der Waals surface area (Å²) >= 11 is 3.49. The van der Waals surface area contributed by atoms with E-state index in [9.17, 15) is 0 Å². The molecule has 0 aliphatic carbocycles. The second kappa shape index (κ2) is 5.28. The van der Waals surface area contributed by atoms with Gasteiger partial charge in [0.1, 0.15) is 0 Å². The number of hydrogen-bond acceptors (Lipinski definition) is 3. The lowest BCUT2D eigenvalue weighted by Gasteiger charge is -2.23. The van der Waals surface area contributed by atoms with Crippen LogP contribution in [-0.4, -0.2) is 37.5 Å². The van der Waals surface area contributed by atoms with E-state index in [-0.39, 0.29) is 0 Å². The second-order valence-electron chi connectivity index (χ2n) is 3.33. The van der Waals surface area contributed by atoms with Gasteiger partial charge in [-0.05, 0) is 6.07 Å². The molecule has 0 aromatic heterocycles. The van der Waals surface area contributed by atoms with Crippen molar-refractivity contribution >= 4 is 22.1 Å². The molecular formula is C11H13BrN2O. The molecule has 0 saturated carbocycles. The molecule has 3 nitrogen and oxygen atoms in total. The Bertz CT molecular complexity index is 348. The van der Waals surface area contributed by atoms with Crippen molar-refractivity contribution in [2.24, 2.45) is 5.10 Å². The summed E-state index contributed by atoms with van der Waals surface area (Å²) in [5.74, 6) is 0. The minimum absolute atomic E-state index is 0.771. The topological polar surface area (TPSA) is 24.8 Å². The standard InChI is InChI=1S/C11H13BrN2O/c12-11-4-2-1-3-10(11)9-13-14-5-7-15-8-6-14/h1-4,9H,5-8H2/b13-9+. The zero-order valence-corrected chi connectivity index (χ0v) is 9.98. The van der Waals surface area contributed by atoms with E-state index >= 15 is 0 Å². The van der Waals surface area contributed by atoms with Crippen molar-refractivity contribution in [3.05, 3.63) is 34.3 Å². The molecule has 0 N–H and O–H groups in total. The van der Waals surface area contributed by atoms with Crippen LogP contribution in [0.15, 0.2) is 33.8 Å². The maximum Gasteiger partial charge on any atom is 0.0659 e. The van der Waals surface area contributed by atoms with Crippen LogP contribution in [0.1, 0.15) is 5.56 Å². The Morgan fingerprint density at radius 1 is 1.27 bits per heavy atom. The smallest absolute Gasteiger partial charge is 0.0659 e. The highest BCUT2D eigenvalue weighted by atomic mass is 79.9. The van der Waals surface area contributed by atoms with Crippen molar-refractivity contribution in [2.45, 2.75) is 0 Å². The summed E-state index contributed by atoms with van der Waals surface area (Å²) in [6, 6.07) is 8.05. The lowest BCUT2D eigenvalue weighted by atomic mass is 10.2. The van der Waals surface area contributed by atoms with Gasteiger partial charge in [-0.1, -0.05) is 34.1 Å². The Morgan fingerprint density at radius 2 is 2.00 bits per heavy atom. The van der Waals surface area contributed by atoms with Crippen molar-refractivity contribution in [1.29, 1.82) is 0 Å². The zero-order valence-electron chi connectivity index (χ0n) is 8.40. The SMILES string of the molecule is Brc1ccccc1/C=N/N1CCOCC1. The first-order valence-corrected chi connectivity index (χ1v) is 5.77. The number of hydrazone groups is 1. The summed E-state index contributed by atoms with van der Waals surface area (Å²) in [6.45, 7) is 3.29. The molecule has 1 fully saturated rings. The summed E-state index contributed by atoms with van der Waals surface area (Å²) in [5.41, 5.74) is 1.10. The molecule has 0 spiro atoms. The molecular weight excluding hydrogens is 256 g/mol. The third-order valence-corrected chi connectivity index (χ3v) is 2.97. The summed E-state index contributed by atoms with van der Waals surface area (Å²) in [4.78, 5) is 0. The molecule has 1 aromatic carbocycles. The third kappa shape index (κ3) is 3.04. The largest absolute Gasteiger partial charge is 0.378 e. The van der Waals surface area contributed by atoms with E-state index < -0.39 is 0 Å². The van der Waals surface area contributed by atoms with Crippen molar-refractivity contribution < 1.29 is 4.74 Å². The molecule has 0 bridgehead atoms. The Kier molecular flexibility index (Phi) is 3.75. The molecule has 1 aliphatic rings.